The first-order chi connectivity index (χ1) is 7.11. The summed E-state index contributed by atoms with van der Waals surface area (Å²) in [5, 5.41) is 2.01. The van der Waals surface area contributed by atoms with E-state index in [1.165, 1.54) is 4.88 Å². The van der Waals surface area contributed by atoms with Gasteiger partial charge in [0.2, 0.25) is 0 Å². The molecule has 15 heavy (non-hydrogen) atoms. The summed E-state index contributed by atoms with van der Waals surface area (Å²) >= 11 is 1.67. The van der Waals surface area contributed by atoms with Crippen molar-refractivity contribution in [3.63, 3.8) is 0 Å². The fraction of sp³-hybridized carbons (Fsp3) is 0.545. The second-order valence-electron chi connectivity index (χ2n) is 3.77. The van der Waals surface area contributed by atoms with E-state index < -0.39 is 6.04 Å². The van der Waals surface area contributed by atoms with Crippen molar-refractivity contribution >= 4 is 17.3 Å². The summed E-state index contributed by atoms with van der Waals surface area (Å²) in [4.78, 5) is 12.6. The van der Waals surface area contributed by atoms with Crippen molar-refractivity contribution in [2.24, 2.45) is 11.7 Å². The van der Waals surface area contributed by atoms with Crippen LogP contribution in [0.1, 0.15) is 18.7 Å². The molecule has 0 aliphatic carbocycles. The fourth-order valence-electron chi connectivity index (χ4n) is 1.08. The van der Waals surface area contributed by atoms with Crippen LogP contribution in [0.2, 0.25) is 0 Å². The van der Waals surface area contributed by atoms with Gasteiger partial charge in [0.25, 0.3) is 0 Å². The zero-order valence-corrected chi connectivity index (χ0v) is 9.92. The Balaban J connectivity index is 2.23. The fourth-order valence-corrected chi connectivity index (χ4v) is 1.77. The molecule has 1 atom stereocenters. The van der Waals surface area contributed by atoms with E-state index in [1.807, 2.05) is 31.4 Å². The molecular weight excluding hydrogens is 210 g/mol. The number of nitrogens with two attached hydrogens (primary N) is 1. The Hall–Kier alpha value is -0.870. The smallest absolute Gasteiger partial charge is 0.323 e. The Morgan fingerprint density at radius 1 is 1.60 bits per heavy atom. The molecule has 0 bridgehead atoms. The van der Waals surface area contributed by atoms with Crippen LogP contribution < -0.4 is 5.73 Å². The highest BCUT2D eigenvalue weighted by atomic mass is 32.1. The van der Waals surface area contributed by atoms with Gasteiger partial charge in [-0.25, -0.2) is 0 Å². The van der Waals surface area contributed by atoms with Gasteiger partial charge in [-0.15, -0.1) is 11.3 Å². The Labute approximate surface area is 94.2 Å². The second kappa shape index (κ2) is 5.88. The van der Waals surface area contributed by atoms with Gasteiger partial charge < -0.3 is 10.5 Å². The number of esters is 1. The Morgan fingerprint density at radius 2 is 2.33 bits per heavy atom. The molecule has 2 N–H and O–H groups in total. The van der Waals surface area contributed by atoms with Gasteiger partial charge in [-0.3, -0.25) is 4.79 Å². The van der Waals surface area contributed by atoms with Gasteiger partial charge >= 0.3 is 5.97 Å². The van der Waals surface area contributed by atoms with E-state index in [2.05, 4.69) is 0 Å². The van der Waals surface area contributed by atoms with E-state index in [-0.39, 0.29) is 11.9 Å². The predicted octanol–water partition coefficient (Wildman–Crippen LogP) is 1.82. The lowest BCUT2D eigenvalue weighted by Crippen LogP contribution is -2.37. The van der Waals surface area contributed by atoms with E-state index in [0.717, 1.165) is 6.42 Å². The largest absolute Gasteiger partial charge is 0.464 e. The summed E-state index contributed by atoms with van der Waals surface area (Å²) < 4.78 is 5.08. The molecule has 0 spiro atoms. The monoisotopic (exact) mass is 227 g/mol. The van der Waals surface area contributed by atoms with Crippen LogP contribution in [-0.2, 0) is 16.0 Å². The maximum absolute atomic E-state index is 11.4. The molecule has 1 rings (SSSR count). The van der Waals surface area contributed by atoms with E-state index in [0.29, 0.717) is 6.61 Å². The lowest BCUT2D eigenvalue weighted by atomic mass is 10.1. The molecule has 0 aliphatic rings. The van der Waals surface area contributed by atoms with Gasteiger partial charge in [0.05, 0.1) is 6.61 Å². The molecule has 4 heteroatoms. The predicted molar refractivity (Wildman–Crippen MR) is 61.8 cm³/mol. The summed E-state index contributed by atoms with van der Waals surface area (Å²) in [6.45, 7) is 4.23. The zero-order chi connectivity index (χ0) is 11.3. The standard InChI is InChI=1S/C11H17NO2S/c1-8(2)10(12)11(13)14-6-5-9-4-3-7-15-9/h3-4,7-8,10H,5-6,12H2,1-2H3/t10-/m0/s1. The van der Waals surface area contributed by atoms with E-state index in [9.17, 15) is 4.79 Å². The van der Waals surface area contributed by atoms with Gasteiger partial charge in [0, 0.05) is 11.3 Å². The lowest BCUT2D eigenvalue weighted by Gasteiger charge is -2.13. The minimum Gasteiger partial charge on any atom is -0.464 e. The zero-order valence-electron chi connectivity index (χ0n) is 9.10. The van der Waals surface area contributed by atoms with Crippen molar-refractivity contribution in [2.45, 2.75) is 26.3 Å². The van der Waals surface area contributed by atoms with Crippen molar-refractivity contribution in [2.75, 3.05) is 6.61 Å². The van der Waals surface area contributed by atoms with Crippen LogP contribution in [0.5, 0.6) is 0 Å². The maximum Gasteiger partial charge on any atom is 0.323 e. The summed E-state index contributed by atoms with van der Waals surface area (Å²) in [5.74, 6) is -0.180. The van der Waals surface area contributed by atoms with Gasteiger partial charge in [0.1, 0.15) is 6.04 Å². The van der Waals surface area contributed by atoms with Crippen molar-refractivity contribution in [3.05, 3.63) is 22.4 Å². The molecule has 0 saturated carbocycles. The van der Waals surface area contributed by atoms with Crippen LogP contribution >= 0.6 is 11.3 Å². The minimum atomic E-state index is -0.506. The molecule has 1 aromatic heterocycles. The average Bonchev–Trinajstić information content (AvgIpc) is 2.69. The number of rotatable bonds is 5. The first-order valence-electron chi connectivity index (χ1n) is 5.06. The van der Waals surface area contributed by atoms with Crippen molar-refractivity contribution in [1.29, 1.82) is 0 Å². The summed E-state index contributed by atoms with van der Waals surface area (Å²) in [5.41, 5.74) is 5.65. The Kier molecular flexibility index (Phi) is 4.78. The number of hydrogen-bond donors (Lipinski definition) is 1. The van der Waals surface area contributed by atoms with Crippen molar-refractivity contribution in [1.82, 2.24) is 0 Å². The summed E-state index contributed by atoms with van der Waals surface area (Å²) in [6, 6.07) is 3.51. The molecule has 1 aromatic rings. The first-order valence-corrected chi connectivity index (χ1v) is 5.94. The molecule has 3 nitrogen and oxygen atoms in total. The molecule has 1 heterocycles. The lowest BCUT2D eigenvalue weighted by molar-refractivity contribution is -0.146. The van der Waals surface area contributed by atoms with E-state index in [1.54, 1.807) is 11.3 Å². The molecule has 0 saturated heterocycles. The van der Waals surface area contributed by atoms with Crippen LogP contribution in [0.15, 0.2) is 17.5 Å². The van der Waals surface area contributed by atoms with Crippen LogP contribution in [0.25, 0.3) is 0 Å². The van der Waals surface area contributed by atoms with Crippen molar-refractivity contribution in [3.8, 4) is 0 Å². The van der Waals surface area contributed by atoms with Gasteiger partial charge in [0.15, 0.2) is 0 Å². The third-order valence-electron chi connectivity index (χ3n) is 2.16. The normalized spacial score (nSPS) is 12.8. The number of hydrogen-bond acceptors (Lipinski definition) is 4. The molecular formula is C11H17NO2S. The highest BCUT2D eigenvalue weighted by Gasteiger charge is 2.18. The minimum absolute atomic E-state index is 0.124. The van der Waals surface area contributed by atoms with E-state index in [4.69, 9.17) is 10.5 Å². The van der Waals surface area contributed by atoms with Crippen LogP contribution in [-0.4, -0.2) is 18.6 Å². The molecule has 0 aromatic carbocycles. The topological polar surface area (TPSA) is 52.3 Å². The molecule has 84 valence electrons. The summed E-state index contributed by atoms with van der Waals surface area (Å²) in [7, 11) is 0. The molecule has 0 fully saturated rings. The molecule has 0 aliphatic heterocycles. The van der Waals surface area contributed by atoms with Crippen LogP contribution in [0.3, 0.4) is 0 Å². The Bertz CT molecular complexity index is 296. The first kappa shape index (κ1) is 12.2. The number of carbonyl (C=O) groups is 1. The van der Waals surface area contributed by atoms with Gasteiger partial charge in [-0.05, 0) is 17.4 Å². The third kappa shape index (κ3) is 4.01. The Morgan fingerprint density at radius 3 is 2.87 bits per heavy atom. The maximum atomic E-state index is 11.4. The second-order valence-corrected chi connectivity index (χ2v) is 4.80. The highest BCUT2D eigenvalue weighted by molar-refractivity contribution is 7.09. The number of ether oxygens (including phenoxy) is 1. The van der Waals surface area contributed by atoms with Crippen LogP contribution in [0.4, 0.5) is 0 Å². The van der Waals surface area contributed by atoms with Crippen LogP contribution in [0, 0.1) is 5.92 Å². The number of thiophene rings is 1. The quantitative estimate of drug-likeness (QED) is 0.781. The van der Waals surface area contributed by atoms with Gasteiger partial charge in [-0.1, -0.05) is 19.9 Å². The van der Waals surface area contributed by atoms with E-state index >= 15 is 0 Å². The third-order valence-corrected chi connectivity index (χ3v) is 3.10. The molecule has 0 unspecified atom stereocenters. The summed E-state index contributed by atoms with van der Waals surface area (Å²) in [6.07, 6.45) is 0.772. The SMILES string of the molecule is CC(C)[C@H](N)C(=O)OCCc1cccs1. The molecule has 0 radical (unpaired) electrons. The van der Waals surface area contributed by atoms with Gasteiger partial charge in [-0.2, -0.15) is 0 Å². The highest BCUT2D eigenvalue weighted by Crippen LogP contribution is 2.09. The molecule has 0 amide bonds. The van der Waals surface area contributed by atoms with Crippen molar-refractivity contribution < 1.29 is 9.53 Å². The number of carbonyl (C=O) groups excluding carboxylic acids is 1. The average molecular weight is 227 g/mol.